The Morgan fingerprint density at radius 3 is 2.58 bits per heavy atom. The Labute approximate surface area is 157 Å². The largest absolute Gasteiger partial charge is 0.484 e. The van der Waals surface area contributed by atoms with E-state index in [1.54, 1.807) is 41.8 Å². The number of hydrogen-bond acceptors (Lipinski definition) is 6. The van der Waals surface area contributed by atoms with E-state index in [-0.39, 0.29) is 16.7 Å². The highest BCUT2D eigenvalue weighted by Crippen LogP contribution is 2.26. The summed E-state index contributed by atoms with van der Waals surface area (Å²) in [5, 5.41) is 4.47. The average molecular weight is 398 g/mol. The Kier molecular flexibility index (Phi) is 7.43. The molecule has 0 bridgehead atoms. The smallest absolute Gasteiger partial charge is 0.273 e. The number of ether oxygens (including phenoxy) is 1. The summed E-state index contributed by atoms with van der Waals surface area (Å²) in [6.07, 6.45) is 1.70. The molecule has 1 amide bonds. The number of carbonyl (C=O) groups is 1. The summed E-state index contributed by atoms with van der Waals surface area (Å²) in [7, 11) is -2.06. The molecule has 2 aromatic rings. The Balaban J connectivity index is 1.89. The number of sulfonamides is 1. The summed E-state index contributed by atoms with van der Waals surface area (Å²) in [5.41, 5.74) is 5.90. The standard InChI is InChI=1S/C17H23N3O4S2/c1-20(26(22,23)17-5-4-12-25-17)14-6-8-15(9-7-14)24-13-16(21)19-11-3-2-10-18/h4-9,12H,2-3,10-11,13,18H2,1H3,(H,19,21). The van der Waals surface area contributed by atoms with E-state index < -0.39 is 10.0 Å². The van der Waals surface area contributed by atoms with Gasteiger partial charge in [-0.3, -0.25) is 9.10 Å². The van der Waals surface area contributed by atoms with Crippen LogP contribution in [0.1, 0.15) is 12.8 Å². The lowest BCUT2D eigenvalue weighted by molar-refractivity contribution is -0.123. The van der Waals surface area contributed by atoms with Crippen LogP contribution in [-0.4, -0.2) is 41.1 Å². The van der Waals surface area contributed by atoms with Crippen LogP contribution in [0.3, 0.4) is 0 Å². The molecule has 1 aromatic heterocycles. The van der Waals surface area contributed by atoms with Crippen LogP contribution in [0.2, 0.25) is 0 Å². The van der Waals surface area contributed by atoms with Gasteiger partial charge in [-0.15, -0.1) is 11.3 Å². The summed E-state index contributed by atoms with van der Waals surface area (Å²) >= 11 is 1.17. The van der Waals surface area contributed by atoms with Crippen molar-refractivity contribution in [1.29, 1.82) is 0 Å². The van der Waals surface area contributed by atoms with E-state index in [4.69, 9.17) is 10.5 Å². The molecule has 0 fully saturated rings. The van der Waals surface area contributed by atoms with Crippen LogP contribution in [0.4, 0.5) is 5.69 Å². The van der Waals surface area contributed by atoms with E-state index in [0.717, 1.165) is 12.8 Å². The molecular weight excluding hydrogens is 374 g/mol. The highest BCUT2D eigenvalue weighted by molar-refractivity contribution is 7.94. The van der Waals surface area contributed by atoms with Crippen molar-refractivity contribution in [2.75, 3.05) is 31.0 Å². The first kappa shape index (κ1) is 20.2. The molecule has 0 atom stereocenters. The van der Waals surface area contributed by atoms with Gasteiger partial charge < -0.3 is 15.8 Å². The SMILES string of the molecule is CN(c1ccc(OCC(=O)NCCCCN)cc1)S(=O)(=O)c1cccs1. The first-order chi connectivity index (χ1) is 12.4. The number of carbonyl (C=O) groups excluding carboxylic acids is 1. The summed E-state index contributed by atoms with van der Waals surface area (Å²) in [6, 6.07) is 9.82. The Bertz CT molecular complexity index is 790. The molecule has 26 heavy (non-hydrogen) atoms. The second-order valence-corrected chi connectivity index (χ2v) is 8.68. The topological polar surface area (TPSA) is 102 Å². The van der Waals surface area contributed by atoms with Crippen molar-refractivity contribution in [2.45, 2.75) is 17.1 Å². The summed E-state index contributed by atoms with van der Waals surface area (Å²) in [5.74, 6) is 0.288. The lowest BCUT2D eigenvalue weighted by Gasteiger charge is -2.18. The number of nitrogens with zero attached hydrogens (tertiary/aromatic N) is 1. The van der Waals surface area contributed by atoms with Gasteiger partial charge in [0.1, 0.15) is 9.96 Å². The zero-order valence-electron chi connectivity index (χ0n) is 14.6. The van der Waals surface area contributed by atoms with E-state index in [1.165, 1.54) is 22.7 Å². The maximum absolute atomic E-state index is 12.5. The zero-order chi connectivity index (χ0) is 19.0. The third kappa shape index (κ3) is 5.45. The van der Waals surface area contributed by atoms with Crippen LogP contribution in [0.25, 0.3) is 0 Å². The van der Waals surface area contributed by atoms with Crippen LogP contribution in [0, 0.1) is 0 Å². The van der Waals surface area contributed by atoms with E-state index in [1.807, 2.05) is 0 Å². The maximum Gasteiger partial charge on any atom is 0.273 e. The van der Waals surface area contributed by atoms with Crippen LogP contribution >= 0.6 is 11.3 Å². The third-order valence-electron chi connectivity index (χ3n) is 3.63. The fourth-order valence-electron chi connectivity index (χ4n) is 2.13. The van der Waals surface area contributed by atoms with Gasteiger partial charge in [0.2, 0.25) is 0 Å². The minimum Gasteiger partial charge on any atom is -0.484 e. The number of nitrogens with one attached hydrogen (secondary N) is 1. The zero-order valence-corrected chi connectivity index (χ0v) is 16.2. The number of nitrogens with two attached hydrogens (primary N) is 1. The molecule has 0 radical (unpaired) electrons. The molecule has 0 aliphatic rings. The monoisotopic (exact) mass is 397 g/mol. The van der Waals surface area contributed by atoms with Gasteiger partial charge in [-0.05, 0) is 55.1 Å². The number of hydrogen-bond donors (Lipinski definition) is 2. The Morgan fingerprint density at radius 1 is 1.23 bits per heavy atom. The van der Waals surface area contributed by atoms with Crippen LogP contribution in [0.15, 0.2) is 46.0 Å². The molecule has 0 unspecified atom stereocenters. The minimum atomic E-state index is -3.56. The summed E-state index contributed by atoms with van der Waals surface area (Å²) in [6.45, 7) is 1.09. The average Bonchev–Trinajstić information content (AvgIpc) is 3.19. The second kappa shape index (κ2) is 9.56. The number of amides is 1. The van der Waals surface area contributed by atoms with Crippen molar-refractivity contribution in [2.24, 2.45) is 5.73 Å². The lowest BCUT2D eigenvalue weighted by atomic mass is 10.3. The van der Waals surface area contributed by atoms with Gasteiger partial charge in [0.15, 0.2) is 6.61 Å². The van der Waals surface area contributed by atoms with Crippen LogP contribution < -0.4 is 20.1 Å². The van der Waals surface area contributed by atoms with Gasteiger partial charge >= 0.3 is 0 Å². The third-order valence-corrected chi connectivity index (χ3v) is 6.79. The molecule has 0 spiro atoms. The van der Waals surface area contributed by atoms with E-state index in [0.29, 0.717) is 24.5 Å². The molecule has 3 N–H and O–H groups in total. The fraction of sp³-hybridized carbons (Fsp3) is 0.353. The number of anilines is 1. The fourth-order valence-corrected chi connectivity index (χ4v) is 4.49. The molecule has 1 aromatic carbocycles. The van der Waals surface area contributed by atoms with E-state index in [2.05, 4.69) is 5.32 Å². The Morgan fingerprint density at radius 2 is 1.96 bits per heavy atom. The number of unbranched alkanes of at least 4 members (excludes halogenated alkanes) is 1. The van der Waals surface area contributed by atoms with E-state index >= 15 is 0 Å². The molecule has 7 nitrogen and oxygen atoms in total. The van der Waals surface area contributed by atoms with E-state index in [9.17, 15) is 13.2 Å². The van der Waals surface area contributed by atoms with Crippen molar-refractivity contribution >= 4 is 33.0 Å². The quantitative estimate of drug-likeness (QED) is 0.595. The second-order valence-electron chi connectivity index (χ2n) is 5.53. The van der Waals surface area contributed by atoms with Crippen molar-refractivity contribution in [3.05, 3.63) is 41.8 Å². The molecule has 2 rings (SSSR count). The molecule has 0 saturated heterocycles. The normalized spacial score (nSPS) is 11.2. The molecule has 0 aliphatic carbocycles. The predicted molar refractivity (Wildman–Crippen MR) is 103 cm³/mol. The number of rotatable bonds is 10. The highest BCUT2D eigenvalue weighted by atomic mass is 32.2. The molecular formula is C17H23N3O4S2. The molecule has 142 valence electrons. The first-order valence-corrected chi connectivity index (χ1v) is 10.5. The molecule has 9 heteroatoms. The Hall–Kier alpha value is -2.10. The van der Waals surface area contributed by atoms with Gasteiger partial charge in [-0.2, -0.15) is 0 Å². The molecule has 0 saturated carbocycles. The van der Waals surface area contributed by atoms with Crippen LogP contribution in [-0.2, 0) is 14.8 Å². The highest BCUT2D eigenvalue weighted by Gasteiger charge is 2.22. The van der Waals surface area contributed by atoms with Gasteiger partial charge in [0, 0.05) is 13.6 Å². The molecule has 0 aliphatic heterocycles. The maximum atomic E-state index is 12.5. The predicted octanol–water partition coefficient (Wildman–Crippen LogP) is 1.81. The lowest BCUT2D eigenvalue weighted by Crippen LogP contribution is -2.30. The van der Waals surface area contributed by atoms with Crippen molar-refractivity contribution in [1.82, 2.24) is 5.32 Å². The van der Waals surface area contributed by atoms with Crippen molar-refractivity contribution in [3.63, 3.8) is 0 Å². The molecule has 1 heterocycles. The van der Waals surface area contributed by atoms with Gasteiger partial charge in [-0.25, -0.2) is 8.42 Å². The minimum absolute atomic E-state index is 0.0920. The number of benzene rings is 1. The summed E-state index contributed by atoms with van der Waals surface area (Å²) < 4.78 is 31.9. The van der Waals surface area contributed by atoms with Gasteiger partial charge in [0.25, 0.3) is 15.9 Å². The van der Waals surface area contributed by atoms with Gasteiger partial charge in [-0.1, -0.05) is 6.07 Å². The van der Waals surface area contributed by atoms with Crippen molar-refractivity contribution in [3.8, 4) is 5.75 Å². The number of thiophene rings is 1. The van der Waals surface area contributed by atoms with Crippen LogP contribution in [0.5, 0.6) is 5.75 Å². The van der Waals surface area contributed by atoms with Gasteiger partial charge in [0.05, 0.1) is 5.69 Å². The summed E-state index contributed by atoms with van der Waals surface area (Å²) in [4.78, 5) is 11.7. The van der Waals surface area contributed by atoms with Crippen molar-refractivity contribution < 1.29 is 17.9 Å². The first-order valence-electron chi connectivity index (χ1n) is 8.17.